The molecule has 1 aliphatic heterocycles. The summed E-state index contributed by atoms with van der Waals surface area (Å²) in [5.74, 6) is -0.813. The number of fused-ring (bicyclic) bond motifs is 1. The Morgan fingerprint density at radius 2 is 2.07 bits per heavy atom. The number of dihydropyridines is 1. The minimum absolute atomic E-state index is 0.135. The van der Waals surface area contributed by atoms with Crippen molar-refractivity contribution >= 4 is 10.9 Å². The molecule has 0 bridgehead atoms. The molecule has 2 aromatic rings. The van der Waals surface area contributed by atoms with E-state index in [0.717, 1.165) is 11.1 Å². The van der Waals surface area contributed by atoms with Crippen LogP contribution in [0.25, 0.3) is 15.7 Å². The smallest absolute Gasteiger partial charge is 0.364 e. The molecule has 1 unspecified atom stereocenters. The van der Waals surface area contributed by atoms with E-state index in [1.165, 1.54) is 0 Å². The highest BCUT2D eigenvalue weighted by atomic mass is 19.4. The average molecular weight is 399 g/mol. The van der Waals surface area contributed by atoms with Crippen LogP contribution in [0, 0.1) is 30.7 Å². The van der Waals surface area contributed by atoms with Gasteiger partial charge >= 0.3 is 6.18 Å². The lowest BCUT2D eigenvalue weighted by Gasteiger charge is -2.30. The molecule has 0 fully saturated rings. The Hall–Kier alpha value is -3.26. The number of hydrogen-bond donors (Lipinski definition) is 2. The largest absolute Gasteiger partial charge is 0.432 e. The molecule has 2 N–H and O–H groups in total. The topological polar surface area (TPSA) is 68.9 Å². The minimum Gasteiger partial charge on any atom is -0.364 e. The minimum atomic E-state index is -4.73. The first-order valence-electron chi connectivity index (χ1n) is 9.21. The second-order valence-corrected chi connectivity index (χ2v) is 7.49. The Bertz CT molecular complexity index is 1090. The van der Waals surface area contributed by atoms with E-state index in [-0.39, 0.29) is 17.3 Å². The Labute approximate surface area is 166 Å². The van der Waals surface area contributed by atoms with Gasteiger partial charge in [-0.15, -0.1) is 0 Å². The van der Waals surface area contributed by atoms with E-state index in [9.17, 15) is 18.4 Å². The van der Waals surface area contributed by atoms with Crippen molar-refractivity contribution in [3.8, 4) is 6.07 Å². The fourth-order valence-electron chi connectivity index (χ4n) is 3.50. The Balaban J connectivity index is 2.24. The lowest BCUT2D eigenvalue weighted by Crippen LogP contribution is -2.34. The second-order valence-electron chi connectivity index (χ2n) is 7.49. The number of nitrogens with one attached hydrogen (secondary N) is 2. The molecule has 29 heavy (non-hydrogen) atoms. The van der Waals surface area contributed by atoms with Gasteiger partial charge in [0.25, 0.3) is 0 Å². The maximum Gasteiger partial charge on any atom is 0.432 e. The maximum absolute atomic E-state index is 13.8. The van der Waals surface area contributed by atoms with E-state index >= 15 is 0 Å². The number of rotatable bonds is 4. The first kappa shape index (κ1) is 20.5. The molecule has 0 amide bonds. The number of alkyl halides is 3. The van der Waals surface area contributed by atoms with Gasteiger partial charge in [-0.05, 0) is 43.4 Å². The average Bonchev–Trinajstić information content (AvgIpc) is 3.04. The van der Waals surface area contributed by atoms with Crippen molar-refractivity contribution in [2.24, 2.45) is 5.92 Å². The van der Waals surface area contributed by atoms with Crippen LogP contribution in [0.3, 0.4) is 0 Å². The van der Waals surface area contributed by atoms with Gasteiger partial charge in [-0.25, -0.2) is 4.85 Å². The SMILES string of the molecule is [C-]#[N+]C1=C(CCC(C)C)NC(C(F)(F)F)=C(C#N)C1c1ccc2n[nH]c(C)c2c1. The summed E-state index contributed by atoms with van der Waals surface area (Å²) >= 11 is 0. The van der Waals surface area contributed by atoms with Crippen molar-refractivity contribution in [3.63, 3.8) is 0 Å². The van der Waals surface area contributed by atoms with Crippen molar-refractivity contribution in [1.29, 1.82) is 5.26 Å². The van der Waals surface area contributed by atoms with Crippen molar-refractivity contribution in [3.05, 3.63) is 63.5 Å². The molecule has 0 radical (unpaired) electrons. The van der Waals surface area contributed by atoms with E-state index in [2.05, 4.69) is 20.4 Å². The van der Waals surface area contributed by atoms with Gasteiger partial charge in [-0.3, -0.25) is 5.10 Å². The lowest BCUT2D eigenvalue weighted by molar-refractivity contribution is -0.0970. The number of nitriles is 1. The van der Waals surface area contributed by atoms with Crippen LogP contribution in [0.4, 0.5) is 13.2 Å². The maximum atomic E-state index is 13.8. The molecule has 0 saturated carbocycles. The first-order chi connectivity index (χ1) is 13.7. The summed E-state index contributed by atoms with van der Waals surface area (Å²) < 4.78 is 41.3. The van der Waals surface area contributed by atoms with E-state index < -0.39 is 23.4 Å². The summed E-state index contributed by atoms with van der Waals surface area (Å²) in [4.78, 5) is 3.56. The third-order valence-electron chi connectivity index (χ3n) is 5.01. The number of aromatic nitrogens is 2. The van der Waals surface area contributed by atoms with Crippen LogP contribution in [-0.2, 0) is 0 Å². The summed E-state index contributed by atoms with van der Waals surface area (Å²) in [5.41, 5.74) is 0.701. The van der Waals surface area contributed by atoms with E-state index in [1.54, 1.807) is 24.3 Å². The highest BCUT2D eigenvalue weighted by molar-refractivity contribution is 5.82. The molecule has 8 heteroatoms. The van der Waals surface area contributed by atoms with E-state index in [0.29, 0.717) is 23.9 Å². The molecule has 1 aromatic heterocycles. The number of allylic oxidation sites excluding steroid dienone is 3. The molecule has 2 heterocycles. The van der Waals surface area contributed by atoms with Gasteiger partial charge < -0.3 is 5.32 Å². The number of aryl methyl sites for hydroxylation is 1. The molecule has 5 nitrogen and oxygen atoms in total. The molecular formula is C21H20F3N5. The van der Waals surface area contributed by atoms with Crippen molar-refractivity contribution in [2.45, 2.75) is 45.7 Å². The molecule has 1 atom stereocenters. The predicted molar refractivity (Wildman–Crippen MR) is 103 cm³/mol. The van der Waals surface area contributed by atoms with Crippen LogP contribution < -0.4 is 5.32 Å². The van der Waals surface area contributed by atoms with Gasteiger partial charge in [0, 0.05) is 16.8 Å². The molecule has 1 aliphatic rings. The molecule has 0 spiro atoms. The summed E-state index contributed by atoms with van der Waals surface area (Å²) in [6, 6.07) is 6.74. The molecular weight excluding hydrogens is 379 g/mol. The highest BCUT2D eigenvalue weighted by Gasteiger charge is 2.44. The molecule has 0 aliphatic carbocycles. The molecule has 1 aromatic carbocycles. The lowest BCUT2D eigenvalue weighted by atomic mass is 9.83. The standard InChI is InChI=1S/C21H20F3N5/c1-11(2)5-7-17-19(26-4)18(15(10-25)20(27-17)21(22,23)24)13-6-8-16-14(9-13)12(3)28-29-16/h6,8-9,11,18,27H,5,7H2,1-3H3,(H,28,29). The summed E-state index contributed by atoms with van der Waals surface area (Å²) in [6.45, 7) is 13.4. The fraction of sp³-hybridized carbons (Fsp3) is 0.381. The molecule has 3 rings (SSSR count). The Morgan fingerprint density at radius 3 is 2.66 bits per heavy atom. The molecule has 150 valence electrons. The van der Waals surface area contributed by atoms with Crippen LogP contribution in [0.1, 0.15) is 43.9 Å². The van der Waals surface area contributed by atoms with Crippen molar-refractivity contribution in [2.75, 3.05) is 0 Å². The number of benzene rings is 1. The van der Waals surface area contributed by atoms with Crippen LogP contribution in [0.15, 0.2) is 40.9 Å². The first-order valence-corrected chi connectivity index (χ1v) is 9.21. The second kappa shape index (κ2) is 7.63. The number of aromatic amines is 1. The highest BCUT2D eigenvalue weighted by Crippen LogP contribution is 2.44. The Kier molecular flexibility index (Phi) is 5.39. The Morgan fingerprint density at radius 1 is 1.34 bits per heavy atom. The third kappa shape index (κ3) is 3.84. The molecule has 0 saturated heterocycles. The number of H-pyrrole nitrogens is 1. The zero-order chi connectivity index (χ0) is 21.3. The summed E-state index contributed by atoms with van der Waals surface area (Å²) in [5, 5.41) is 19.7. The fourth-order valence-corrected chi connectivity index (χ4v) is 3.50. The predicted octanol–water partition coefficient (Wildman–Crippen LogP) is 5.47. The number of nitrogens with zero attached hydrogens (tertiary/aromatic N) is 3. The van der Waals surface area contributed by atoms with Gasteiger partial charge in [0.15, 0.2) is 5.70 Å². The zero-order valence-electron chi connectivity index (χ0n) is 16.3. The zero-order valence-corrected chi connectivity index (χ0v) is 16.3. The van der Waals surface area contributed by atoms with Crippen LogP contribution >= 0.6 is 0 Å². The monoisotopic (exact) mass is 399 g/mol. The van der Waals surface area contributed by atoms with Crippen LogP contribution in [0.2, 0.25) is 0 Å². The van der Waals surface area contributed by atoms with Gasteiger partial charge in [-0.1, -0.05) is 19.9 Å². The van der Waals surface area contributed by atoms with E-state index in [1.807, 2.05) is 20.8 Å². The number of hydrogen-bond acceptors (Lipinski definition) is 3. The van der Waals surface area contributed by atoms with Gasteiger partial charge in [0.05, 0.1) is 29.6 Å². The quantitative estimate of drug-likeness (QED) is 0.671. The van der Waals surface area contributed by atoms with Crippen LogP contribution in [-0.4, -0.2) is 16.4 Å². The summed E-state index contributed by atoms with van der Waals surface area (Å²) in [7, 11) is 0. The van der Waals surface area contributed by atoms with Gasteiger partial charge in [-0.2, -0.15) is 23.5 Å². The van der Waals surface area contributed by atoms with Gasteiger partial charge in [0.1, 0.15) is 5.70 Å². The van der Waals surface area contributed by atoms with Crippen LogP contribution in [0.5, 0.6) is 0 Å². The normalized spacial score (nSPS) is 17.5. The van der Waals surface area contributed by atoms with Gasteiger partial charge in [0.2, 0.25) is 0 Å². The van der Waals surface area contributed by atoms with Crippen molar-refractivity contribution < 1.29 is 13.2 Å². The summed E-state index contributed by atoms with van der Waals surface area (Å²) in [6.07, 6.45) is -3.80. The number of halogens is 3. The van der Waals surface area contributed by atoms with E-state index in [4.69, 9.17) is 6.57 Å². The van der Waals surface area contributed by atoms with Crippen molar-refractivity contribution in [1.82, 2.24) is 15.5 Å². The third-order valence-corrected chi connectivity index (χ3v) is 5.01.